The smallest absolute Gasteiger partial charge is 0.335 e. The Balaban J connectivity index is 2.77. The third-order valence-corrected chi connectivity index (χ3v) is 4.04. The van der Waals surface area contributed by atoms with Crippen LogP contribution in [-0.4, -0.2) is 28.6 Å². The SMILES string of the molecule is CSC(C)(C)CNc1ccc(C(=O)O)cc1Cl. The molecule has 0 radical (unpaired) electrons. The third kappa shape index (κ3) is 4.13. The van der Waals surface area contributed by atoms with Crippen molar-refractivity contribution in [3.05, 3.63) is 28.8 Å². The first-order valence-electron chi connectivity index (χ1n) is 5.17. The van der Waals surface area contributed by atoms with Gasteiger partial charge in [-0.25, -0.2) is 4.79 Å². The topological polar surface area (TPSA) is 49.3 Å². The molecule has 2 N–H and O–H groups in total. The molecule has 0 bridgehead atoms. The van der Waals surface area contributed by atoms with Crippen LogP contribution in [0.3, 0.4) is 0 Å². The van der Waals surface area contributed by atoms with Gasteiger partial charge in [0, 0.05) is 11.3 Å². The first kappa shape index (κ1) is 14.2. The number of hydrogen-bond acceptors (Lipinski definition) is 3. The molecule has 1 aromatic carbocycles. The molecule has 0 unspecified atom stereocenters. The number of aromatic carboxylic acids is 1. The highest BCUT2D eigenvalue weighted by molar-refractivity contribution is 7.99. The Labute approximate surface area is 111 Å². The maximum absolute atomic E-state index is 10.7. The van der Waals surface area contributed by atoms with Crippen molar-refractivity contribution in [3.8, 4) is 0 Å². The summed E-state index contributed by atoms with van der Waals surface area (Å²) in [5.41, 5.74) is 0.962. The molecule has 1 rings (SSSR count). The zero-order valence-corrected chi connectivity index (χ0v) is 11.7. The van der Waals surface area contributed by atoms with Gasteiger partial charge in [-0.1, -0.05) is 11.6 Å². The molecule has 0 saturated heterocycles. The van der Waals surface area contributed by atoms with Gasteiger partial charge in [0.25, 0.3) is 0 Å². The quantitative estimate of drug-likeness (QED) is 0.861. The number of nitrogens with one attached hydrogen (secondary N) is 1. The van der Waals surface area contributed by atoms with Crippen LogP contribution in [0, 0.1) is 0 Å². The average Bonchev–Trinajstić information content (AvgIpc) is 2.27. The second kappa shape index (κ2) is 5.65. The van der Waals surface area contributed by atoms with E-state index in [1.807, 2.05) is 0 Å². The number of hydrogen-bond donors (Lipinski definition) is 2. The van der Waals surface area contributed by atoms with E-state index < -0.39 is 5.97 Å². The van der Waals surface area contributed by atoms with E-state index >= 15 is 0 Å². The summed E-state index contributed by atoms with van der Waals surface area (Å²) in [7, 11) is 0. The van der Waals surface area contributed by atoms with Crippen molar-refractivity contribution >= 4 is 35.0 Å². The molecular weight excluding hydrogens is 258 g/mol. The number of rotatable bonds is 5. The van der Waals surface area contributed by atoms with E-state index in [4.69, 9.17) is 16.7 Å². The summed E-state index contributed by atoms with van der Waals surface area (Å²) < 4.78 is 0.106. The van der Waals surface area contributed by atoms with Crippen LogP contribution in [0.4, 0.5) is 5.69 Å². The van der Waals surface area contributed by atoms with E-state index in [0.717, 1.165) is 12.2 Å². The molecule has 0 amide bonds. The zero-order chi connectivity index (χ0) is 13.1. The highest BCUT2D eigenvalue weighted by Crippen LogP contribution is 2.26. The lowest BCUT2D eigenvalue weighted by atomic mass is 10.1. The lowest BCUT2D eigenvalue weighted by Crippen LogP contribution is -2.25. The van der Waals surface area contributed by atoms with Crippen molar-refractivity contribution in [2.24, 2.45) is 0 Å². The minimum Gasteiger partial charge on any atom is -0.478 e. The van der Waals surface area contributed by atoms with E-state index in [-0.39, 0.29) is 10.3 Å². The van der Waals surface area contributed by atoms with E-state index in [1.54, 1.807) is 23.9 Å². The Morgan fingerprint density at radius 3 is 2.65 bits per heavy atom. The number of benzene rings is 1. The minimum atomic E-state index is -0.970. The van der Waals surface area contributed by atoms with Crippen molar-refractivity contribution in [1.82, 2.24) is 0 Å². The van der Waals surface area contributed by atoms with Crippen molar-refractivity contribution in [2.45, 2.75) is 18.6 Å². The molecule has 3 nitrogen and oxygen atoms in total. The summed E-state index contributed by atoms with van der Waals surface area (Å²) in [5, 5.41) is 12.5. The predicted octanol–water partition coefficient (Wildman–Crippen LogP) is 3.59. The van der Waals surface area contributed by atoms with Gasteiger partial charge in [0.2, 0.25) is 0 Å². The van der Waals surface area contributed by atoms with Crippen molar-refractivity contribution in [1.29, 1.82) is 0 Å². The number of halogens is 1. The zero-order valence-electron chi connectivity index (χ0n) is 10.1. The van der Waals surface area contributed by atoms with Crippen LogP contribution < -0.4 is 5.32 Å². The van der Waals surface area contributed by atoms with Gasteiger partial charge in [0.15, 0.2) is 0 Å². The van der Waals surface area contributed by atoms with Crippen molar-refractivity contribution in [2.75, 3.05) is 18.1 Å². The predicted molar refractivity (Wildman–Crippen MR) is 74.5 cm³/mol. The molecule has 0 aliphatic heterocycles. The first-order valence-corrected chi connectivity index (χ1v) is 6.78. The fourth-order valence-corrected chi connectivity index (χ4v) is 1.64. The average molecular weight is 274 g/mol. The highest BCUT2D eigenvalue weighted by Gasteiger charge is 2.16. The number of thioether (sulfide) groups is 1. The molecule has 1 aromatic rings. The van der Waals surface area contributed by atoms with Crippen LogP contribution in [0.5, 0.6) is 0 Å². The molecule has 5 heteroatoms. The van der Waals surface area contributed by atoms with E-state index in [1.165, 1.54) is 6.07 Å². The van der Waals surface area contributed by atoms with Gasteiger partial charge in [0.1, 0.15) is 0 Å². The van der Waals surface area contributed by atoms with Gasteiger partial charge < -0.3 is 10.4 Å². The third-order valence-electron chi connectivity index (χ3n) is 2.47. The van der Waals surface area contributed by atoms with Crippen LogP contribution in [-0.2, 0) is 0 Å². The summed E-state index contributed by atoms with van der Waals surface area (Å²) in [4.78, 5) is 10.7. The van der Waals surface area contributed by atoms with Crippen LogP contribution in [0.1, 0.15) is 24.2 Å². The van der Waals surface area contributed by atoms with E-state index in [9.17, 15) is 4.79 Å². The number of carboxylic acids is 1. The Morgan fingerprint density at radius 1 is 1.53 bits per heavy atom. The van der Waals surface area contributed by atoms with Gasteiger partial charge >= 0.3 is 5.97 Å². The Kier molecular flexibility index (Phi) is 4.71. The van der Waals surface area contributed by atoms with Gasteiger partial charge in [-0.05, 0) is 38.3 Å². The second-order valence-electron chi connectivity index (χ2n) is 4.32. The summed E-state index contributed by atoms with van der Waals surface area (Å²) in [6.45, 7) is 5.02. The summed E-state index contributed by atoms with van der Waals surface area (Å²) in [5.74, 6) is -0.970. The normalized spacial score (nSPS) is 11.3. The molecule has 94 valence electrons. The molecule has 17 heavy (non-hydrogen) atoms. The van der Waals surface area contributed by atoms with Crippen LogP contribution in [0.15, 0.2) is 18.2 Å². The highest BCUT2D eigenvalue weighted by atomic mass is 35.5. The molecule has 0 saturated carbocycles. The summed E-state index contributed by atoms with van der Waals surface area (Å²) in [6.07, 6.45) is 2.05. The number of anilines is 1. The van der Waals surface area contributed by atoms with Crippen LogP contribution >= 0.6 is 23.4 Å². The maximum atomic E-state index is 10.7. The molecule has 0 aliphatic rings. The number of carbonyl (C=O) groups is 1. The van der Waals surface area contributed by atoms with Gasteiger partial charge in [-0.2, -0.15) is 11.8 Å². The van der Waals surface area contributed by atoms with Crippen LogP contribution in [0.2, 0.25) is 5.02 Å². The molecular formula is C12H16ClNO2S. The monoisotopic (exact) mass is 273 g/mol. The Bertz CT molecular complexity index is 421. The van der Waals surface area contributed by atoms with E-state index in [0.29, 0.717) is 5.02 Å². The molecule has 0 spiro atoms. The Morgan fingerprint density at radius 2 is 2.18 bits per heavy atom. The fraction of sp³-hybridized carbons (Fsp3) is 0.417. The summed E-state index contributed by atoms with van der Waals surface area (Å²) >= 11 is 7.77. The Hall–Kier alpha value is -0.870. The van der Waals surface area contributed by atoms with Crippen molar-refractivity contribution in [3.63, 3.8) is 0 Å². The molecule has 0 fully saturated rings. The lowest BCUT2D eigenvalue weighted by molar-refractivity contribution is 0.0697. The van der Waals surface area contributed by atoms with Gasteiger partial charge in [-0.15, -0.1) is 0 Å². The molecule has 0 aliphatic carbocycles. The largest absolute Gasteiger partial charge is 0.478 e. The molecule has 0 heterocycles. The lowest BCUT2D eigenvalue weighted by Gasteiger charge is -2.23. The minimum absolute atomic E-state index is 0.106. The van der Waals surface area contributed by atoms with E-state index in [2.05, 4.69) is 25.4 Å². The van der Waals surface area contributed by atoms with Gasteiger partial charge in [-0.3, -0.25) is 0 Å². The second-order valence-corrected chi connectivity index (χ2v) is 6.24. The first-order chi connectivity index (χ1) is 7.85. The maximum Gasteiger partial charge on any atom is 0.335 e. The standard InChI is InChI=1S/C12H16ClNO2S/c1-12(2,17-3)7-14-10-5-4-8(11(15)16)6-9(10)13/h4-6,14H,7H2,1-3H3,(H,15,16). The van der Waals surface area contributed by atoms with Crippen LogP contribution in [0.25, 0.3) is 0 Å². The summed E-state index contributed by atoms with van der Waals surface area (Å²) in [6, 6.07) is 4.70. The molecule has 0 aromatic heterocycles. The number of carboxylic acid groups (broad SMARTS) is 1. The van der Waals surface area contributed by atoms with Gasteiger partial charge in [0.05, 0.1) is 16.3 Å². The molecule has 0 atom stereocenters. The fourth-order valence-electron chi connectivity index (χ4n) is 1.17. The van der Waals surface area contributed by atoms with Crippen molar-refractivity contribution < 1.29 is 9.90 Å².